The lowest BCUT2D eigenvalue weighted by Gasteiger charge is -2.34. The highest BCUT2D eigenvalue weighted by Gasteiger charge is 2.23. The zero-order valence-corrected chi connectivity index (χ0v) is 14.7. The third-order valence-corrected chi connectivity index (χ3v) is 4.41. The average molecular weight is 349 g/mol. The number of carbonyl (C=O) groups is 3. The van der Waals surface area contributed by atoms with Gasteiger partial charge in [-0.05, 0) is 17.7 Å². The van der Waals surface area contributed by atoms with E-state index >= 15 is 0 Å². The standard InChI is InChI=1S/C18H24FN3O3/c1-14(23)20-9-11-21(12-10-20)18(25)7-8-22(15(2)24)13-16-3-5-17(19)6-4-16/h3-6H,7-13H2,1-2H3. The van der Waals surface area contributed by atoms with E-state index in [1.165, 1.54) is 26.0 Å². The van der Waals surface area contributed by atoms with Crippen LogP contribution < -0.4 is 0 Å². The van der Waals surface area contributed by atoms with Gasteiger partial charge < -0.3 is 14.7 Å². The predicted octanol–water partition coefficient (Wildman–Crippen LogP) is 1.25. The van der Waals surface area contributed by atoms with Gasteiger partial charge in [-0.2, -0.15) is 0 Å². The molecule has 1 heterocycles. The van der Waals surface area contributed by atoms with Crippen LogP contribution in [0, 0.1) is 5.82 Å². The molecule has 0 aliphatic carbocycles. The minimum absolute atomic E-state index is 0.0199. The summed E-state index contributed by atoms with van der Waals surface area (Å²) in [6.07, 6.45) is 0.237. The van der Waals surface area contributed by atoms with Crippen LogP contribution in [0.25, 0.3) is 0 Å². The van der Waals surface area contributed by atoms with Crippen molar-refractivity contribution in [3.8, 4) is 0 Å². The van der Waals surface area contributed by atoms with E-state index < -0.39 is 0 Å². The molecule has 0 unspecified atom stereocenters. The third-order valence-electron chi connectivity index (χ3n) is 4.41. The number of halogens is 1. The summed E-state index contributed by atoms with van der Waals surface area (Å²) in [6.45, 7) is 5.80. The van der Waals surface area contributed by atoms with Crippen molar-refractivity contribution in [1.82, 2.24) is 14.7 Å². The van der Waals surface area contributed by atoms with E-state index in [1.807, 2.05) is 0 Å². The molecule has 0 spiro atoms. The summed E-state index contributed by atoms with van der Waals surface area (Å²) >= 11 is 0. The van der Waals surface area contributed by atoms with Crippen molar-refractivity contribution in [2.45, 2.75) is 26.8 Å². The smallest absolute Gasteiger partial charge is 0.224 e. The Labute approximate surface area is 147 Å². The van der Waals surface area contributed by atoms with E-state index in [2.05, 4.69) is 0 Å². The normalized spacial score (nSPS) is 14.4. The van der Waals surface area contributed by atoms with Crippen molar-refractivity contribution in [1.29, 1.82) is 0 Å². The summed E-state index contributed by atoms with van der Waals surface area (Å²) in [5, 5.41) is 0. The number of rotatable bonds is 5. The zero-order valence-electron chi connectivity index (χ0n) is 14.7. The van der Waals surface area contributed by atoms with Gasteiger partial charge in [0, 0.05) is 59.5 Å². The lowest BCUT2D eigenvalue weighted by atomic mass is 10.2. The molecule has 0 atom stereocenters. The summed E-state index contributed by atoms with van der Waals surface area (Å²) in [6, 6.07) is 5.97. The van der Waals surface area contributed by atoms with Gasteiger partial charge >= 0.3 is 0 Å². The fourth-order valence-corrected chi connectivity index (χ4v) is 2.82. The monoisotopic (exact) mass is 349 g/mol. The molecule has 7 heteroatoms. The molecular formula is C18H24FN3O3. The van der Waals surface area contributed by atoms with E-state index in [4.69, 9.17) is 0 Å². The fourth-order valence-electron chi connectivity index (χ4n) is 2.82. The molecule has 25 heavy (non-hydrogen) atoms. The van der Waals surface area contributed by atoms with E-state index in [-0.39, 0.29) is 30.0 Å². The number of carbonyl (C=O) groups excluding carboxylic acids is 3. The molecule has 1 aromatic rings. The van der Waals surface area contributed by atoms with Crippen LogP contribution >= 0.6 is 0 Å². The molecule has 136 valence electrons. The molecule has 0 N–H and O–H groups in total. The molecule has 1 aliphatic heterocycles. The van der Waals surface area contributed by atoms with E-state index in [0.29, 0.717) is 39.3 Å². The highest BCUT2D eigenvalue weighted by molar-refractivity contribution is 5.79. The molecule has 0 aromatic heterocycles. The second-order valence-electron chi connectivity index (χ2n) is 6.20. The molecule has 3 amide bonds. The molecular weight excluding hydrogens is 325 g/mol. The van der Waals surface area contributed by atoms with Gasteiger partial charge in [-0.15, -0.1) is 0 Å². The van der Waals surface area contributed by atoms with Crippen LogP contribution in [0.2, 0.25) is 0 Å². The molecule has 0 radical (unpaired) electrons. The highest BCUT2D eigenvalue weighted by Crippen LogP contribution is 2.09. The topological polar surface area (TPSA) is 60.9 Å². The van der Waals surface area contributed by atoms with Crippen LogP contribution in [0.5, 0.6) is 0 Å². The Kier molecular flexibility index (Phi) is 6.50. The van der Waals surface area contributed by atoms with Crippen molar-refractivity contribution in [2.24, 2.45) is 0 Å². The third kappa shape index (κ3) is 5.55. The quantitative estimate of drug-likeness (QED) is 0.804. The molecule has 2 rings (SSSR count). The van der Waals surface area contributed by atoms with Gasteiger partial charge in [0.2, 0.25) is 17.7 Å². The maximum atomic E-state index is 13.0. The first-order valence-corrected chi connectivity index (χ1v) is 8.40. The van der Waals surface area contributed by atoms with Gasteiger partial charge in [0.05, 0.1) is 0 Å². The van der Waals surface area contributed by atoms with Gasteiger partial charge in [0.15, 0.2) is 0 Å². The first kappa shape index (κ1) is 18.9. The van der Waals surface area contributed by atoms with Gasteiger partial charge in [0.25, 0.3) is 0 Å². The predicted molar refractivity (Wildman–Crippen MR) is 90.9 cm³/mol. The molecule has 1 fully saturated rings. The number of piperazine rings is 1. The van der Waals surface area contributed by atoms with Gasteiger partial charge in [-0.3, -0.25) is 14.4 Å². The number of amides is 3. The maximum Gasteiger partial charge on any atom is 0.224 e. The molecule has 0 saturated carbocycles. The van der Waals surface area contributed by atoms with Crippen LogP contribution in [-0.2, 0) is 20.9 Å². The Bertz CT molecular complexity index is 625. The second-order valence-corrected chi connectivity index (χ2v) is 6.20. The molecule has 1 aliphatic rings. The lowest BCUT2D eigenvalue weighted by Crippen LogP contribution is -2.50. The highest BCUT2D eigenvalue weighted by atomic mass is 19.1. The first-order valence-electron chi connectivity index (χ1n) is 8.40. The number of hydrogen-bond acceptors (Lipinski definition) is 3. The Balaban J connectivity index is 1.84. The largest absolute Gasteiger partial charge is 0.339 e. The molecule has 6 nitrogen and oxygen atoms in total. The van der Waals surface area contributed by atoms with Crippen LogP contribution in [0.3, 0.4) is 0 Å². The summed E-state index contributed by atoms with van der Waals surface area (Å²) in [5.41, 5.74) is 0.819. The molecule has 1 aromatic carbocycles. The Morgan fingerprint density at radius 1 is 1.00 bits per heavy atom. The SMILES string of the molecule is CC(=O)N1CCN(C(=O)CCN(Cc2ccc(F)cc2)C(C)=O)CC1. The number of hydrogen-bond donors (Lipinski definition) is 0. The van der Waals surface area contributed by atoms with Gasteiger partial charge in [-0.1, -0.05) is 12.1 Å². The number of benzene rings is 1. The average Bonchev–Trinajstić information content (AvgIpc) is 2.59. The van der Waals surface area contributed by atoms with Gasteiger partial charge in [-0.25, -0.2) is 4.39 Å². The van der Waals surface area contributed by atoms with Crippen LogP contribution in [0.15, 0.2) is 24.3 Å². The Morgan fingerprint density at radius 3 is 2.08 bits per heavy atom. The second kappa shape index (κ2) is 8.60. The van der Waals surface area contributed by atoms with Crippen molar-refractivity contribution >= 4 is 17.7 Å². The van der Waals surface area contributed by atoms with E-state index in [0.717, 1.165) is 5.56 Å². The van der Waals surface area contributed by atoms with Gasteiger partial charge in [0.1, 0.15) is 5.82 Å². The summed E-state index contributed by atoms with van der Waals surface area (Å²) in [4.78, 5) is 40.5. The van der Waals surface area contributed by atoms with Crippen molar-refractivity contribution < 1.29 is 18.8 Å². The van der Waals surface area contributed by atoms with Crippen LogP contribution in [0.1, 0.15) is 25.8 Å². The molecule has 0 bridgehead atoms. The summed E-state index contributed by atoms with van der Waals surface area (Å²) in [5.74, 6) is -0.445. The minimum atomic E-state index is -0.321. The lowest BCUT2D eigenvalue weighted by molar-refractivity contribution is -0.139. The summed E-state index contributed by atoms with van der Waals surface area (Å²) < 4.78 is 13.0. The van der Waals surface area contributed by atoms with Crippen molar-refractivity contribution in [3.05, 3.63) is 35.6 Å². The van der Waals surface area contributed by atoms with E-state index in [9.17, 15) is 18.8 Å². The van der Waals surface area contributed by atoms with Crippen molar-refractivity contribution in [3.63, 3.8) is 0 Å². The fraction of sp³-hybridized carbons (Fsp3) is 0.500. The minimum Gasteiger partial charge on any atom is -0.339 e. The first-order chi connectivity index (χ1) is 11.9. The molecule has 1 saturated heterocycles. The number of nitrogens with zero attached hydrogens (tertiary/aromatic N) is 3. The van der Waals surface area contributed by atoms with Crippen LogP contribution in [-0.4, -0.2) is 65.1 Å². The van der Waals surface area contributed by atoms with Crippen molar-refractivity contribution in [2.75, 3.05) is 32.7 Å². The van der Waals surface area contributed by atoms with Crippen LogP contribution in [0.4, 0.5) is 4.39 Å². The Morgan fingerprint density at radius 2 is 1.56 bits per heavy atom. The zero-order chi connectivity index (χ0) is 18.4. The van der Waals surface area contributed by atoms with E-state index in [1.54, 1.807) is 26.8 Å². The summed E-state index contributed by atoms with van der Waals surface area (Å²) in [7, 11) is 0. The maximum absolute atomic E-state index is 13.0. The Hall–Kier alpha value is -2.44.